The molecule has 2 N–H and O–H groups in total. The van der Waals surface area contributed by atoms with Crippen molar-refractivity contribution in [2.75, 3.05) is 25.2 Å². The molecule has 3 aromatic rings. The third-order valence-corrected chi connectivity index (χ3v) is 6.13. The fourth-order valence-electron chi connectivity index (χ4n) is 4.13. The van der Waals surface area contributed by atoms with Gasteiger partial charge in [-0.2, -0.15) is 15.0 Å². The Kier molecular flexibility index (Phi) is 7.98. The number of hydrogen-bond donors (Lipinski definition) is 2. The molecule has 10 heteroatoms. The second kappa shape index (κ2) is 11.4. The van der Waals surface area contributed by atoms with Gasteiger partial charge in [0.1, 0.15) is 24.1 Å². The first kappa shape index (κ1) is 26.7. The number of nitrogens with zero attached hydrogens (tertiary/aromatic N) is 4. The van der Waals surface area contributed by atoms with Crippen molar-refractivity contribution in [2.24, 2.45) is 0 Å². The van der Waals surface area contributed by atoms with Crippen LogP contribution < -0.4 is 19.7 Å². The van der Waals surface area contributed by atoms with Crippen LogP contribution >= 0.6 is 0 Å². The van der Waals surface area contributed by atoms with Crippen LogP contribution in [0, 0.1) is 11.3 Å². The fraction of sp³-hybridized carbons (Fsp3) is 0.357. The van der Waals surface area contributed by atoms with Crippen molar-refractivity contribution in [1.29, 1.82) is 5.26 Å². The topological polar surface area (TPSA) is 130 Å². The minimum Gasteiger partial charge on any atom is -0.494 e. The molecule has 0 bridgehead atoms. The summed E-state index contributed by atoms with van der Waals surface area (Å²) in [6, 6.07) is 13.1. The molecule has 0 aliphatic carbocycles. The minimum atomic E-state index is -0.920. The number of amides is 2. The molecule has 0 unspecified atom stereocenters. The molecule has 0 radical (unpaired) electrons. The van der Waals surface area contributed by atoms with E-state index in [-0.39, 0.29) is 12.5 Å². The summed E-state index contributed by atoms with van der Waals surface area (Å²) >= 11 is 0. The number of carbonyl (C=O) groups is 2. The fourth-order valence-corrected chi connectivity index (χ4v) is 4.13. The number of likely N-dealkylation sites (N-methyl/N-ethyl adjacent to an activating group) is 1. The third kappa shape index (κ3) is 6.69. The quantitative estimate of drug-likeness (QED) is 0.439. The molecule has 198 valence electrons. The Morgan fingerprint density at radius 1 is 1.29 bits per heavy atom. The third-order valence-electron chi connectivity index (χ3n) is 6.13. The molecule has 1 aliphatic rings. The molecule has 1 aromatic heterocycles. The predicted octanol–water partition coefficient (Wildman–Crippen LogP) is 3.26. The number of benzene rings is 2. The normalized spacial score (nSPS) is 15.2. The van der Waals surface area contributed by atoms with Gasteiger partial charge in [0.05, 0.1) is 35.7 Å². The number of aliphatic hydroxyl groups is 1. The van der Waals surface area contributed by atoms with Crippen LogP contribution in [0.4, 0.5) is 10.5 Å². The molecule has 0 saturated heterocycles. The first-order chi connectivity index (χ1) is 18.1. The zero-order chi connectivity index (χ0) is 27.3. The van der Waals surface area contributed by atoms with Crippen LogP contribution in [0.25, 0.3) is 0 Å². The van der Waals surface area contributed by atoms with Gasteiger partial charge >= 0.3 is 6.03 Å². The molecule has 4 rings (SSSR count). The molecule has 0 saturated carbocycles. The molecule has 2 amide bonds. The standard InChI is InChI=1S/C28H31N5O5/c1-28(2,36)10-5-11-37-22-8-9-25-24(14-22)32(3)26(34)23(18-38-25)31-27(35)33-17-21(16-30-33)13-19-6-4-7-20(12-19)15-29/h4,6-9,12,14,16-17,23,36H,5,10-11,13,18H2,1-3H3,(H,31,35)/t23-/m0/s1. The van der Waals surface area contributed by atoms with E-state index in [9.17, 15) is 14.7 Å². The molecule has 1 atom stereocenters. The maximum absolute atomic E-state index is 13.2. The Morgan fingerprint density at radius 3 is 2.87 bits per heavy atom. The molecule has 0 spiro atoms. The van der Waals surface area contributed by atoms with Crippen LogP contribution in [-0.2, 0) is 11.2 Å². The van der Waals surface area contributed by atoms with E-state index in [0.29, 0.717) is 48.6 Å². The summed E-state index contributed by atoms with van der Waals surface area (Å²) in [5, 5.41) is 25.8. The van der Waals surface area contributed by atoms with Gasteiger partial charge in [-0.1, -0.05) is 12.1 Å². The van der Waals surface area contributed by atoms with Crippen molar-refractivity contribution in [3.05, 3.63) is 71.5 Å². The molecular weight excluding hydrogens is 486 g/mol. The van der Waals surface area contributed by atoms with Crippen molar-refractivity contribution in [3.63, 3.8) is 0 Å². The summed E-state index contributed by atoms with van der Waals surface area (Å²) < 4.78 is 12.8. The van der Waals surface area contributed by atoms with Gasteiger partial charge < -0.3 is 24.8 Å². The summed E-state index contributed by atoms with van der Waals surface area (Å²) in [6.45, 7) is 3.90. The maximum atomic E-state index is 13.2. The van der Waals surface area contributed by atoms with E-state index in [1.807, 2.05) is 12.1 Å². The van der Waals surface area contributed by atoms with Gasteiger partial charge in [0.15, 0.2) is 0 Å². The Morgan fingerprint density at radius 2 is 2.11 bits per heavy atom. The van der Waals surface area contributed by atoms with Gasteiger partial charge in [-0.25, -0.2) is 4.79 Å². The van der Waals surface area contributed by atoms with Crippen LogP contribution in [-0.4, -0.2) is 58.7 Å². The highest BCUT2D eigenvalue weighted by Crippen LogP contribution is 2.34. The van der Waals surface area contributed by atoms with Crippen LogP contribution in [0.3, 0.4) is 0 Å². The SMILES string of the molecule is CN1C(=O)[C@@H](NC(=O)n2cc(Cc3cccc(C#N)c3)cn2)COc2ccc(OCCCC(C)(C)O)cc21. The number of nitriles is 1. The number of aromatic nitrogens is 2. The first-order valence-electron chi connectivity index (χ1n) is 12.4. The van der Waals surface area contributed by atoms with E-state index in [0.717, 1.165) is 15.8 Å². The van der Waals surface area contributed by atoms with Gasteiger partial charge in [-0.3, -0.25) is 4.79 Å². The van der Waals surface area contributed by atoms with Crippen LogP contribution in [0.2, 0.25) is 0 Å². The zero-order valence-corrected chi connectivity index (χ0v) is 21.7. The lowest BCUT2D eigenvalue weighted by Crippen LogP contribution is -2.50. The number of nitrogens with one attached hydrogen (secondary N) is 1. The van der Waals surface area contributed by atoms with E-state index >= 15 is 0 Å². The van der Waals surface area contributed by atoms with E-state index in [1.54, 1.807) is 63.6 Å². The van der Waals surface area contributed by atoms with Crippen LogP contribution in [0.5, 0.6) is 11.5 Å². The number of fused-ring (bicyclic) bond motifs is 1. The van der Waals surface area contributed by atoms with Gasteiger partial charge in [-0.15, -0.1) is 0 Å². The van der Waals surface area contributed by atoms with Gasteiger partial charge in [0.2, 0.25) is 0 Å². The van der Waals surface area contributed by atoms with Crippen molar-refractivity contribution in [2.45, 2.75) is 44.8 Å². The summed E-state index contributed by atoms with van der Waals surface area (Å²) in [6.07, 6.45) is 4.97. The average Bonchev–Trinajstić information content (AvgIpc) is 3.32. The zero-order valence-electron chi connectivity index (χ0n) is 21.7. The molecule has 1 aliphatic heterocycles. The van der Waals surface area contributed by atoms with E-state index in [4.69, 9.17) is 14.7 Å². The van der Waals surface area contributed by atoms with E-state index < -0.39 is 17.7 Å². The minimum absolute atomic E-state index is 0.0389. The molecule has 2 aromatic carbocycles. The second-order valence-corrected chi connectivity index (χ2v) is 9.89. The summed E-state index contributed by atoms with van der Waals surface area (Å²) in [5.41, 5.74) is 2.06. The Labute approximate surface area is 221 Å². The summed E-state index contributed by atoms with van der Waals surface area (Å²) in [7, 11) is 1.62. The molecule has 0 fully saturated rings. The van der Waals surface area contributed by atoms with E-state index in [2.05, 4.69) is 16.5 Å². The van der Waals surface area contributed by atoms with E-state index in [1.165, 1.54) is 4.90 Å². The first-order valence-corrected chi connectivity index (χ1v) is 12.4. The Hall–Kier alpha value is -4.36. The molecule has 38 heavy (non-hydrogen) atoms. The van der Waals surface area contributed by atoms with Crippen molar-refractivity contribution < 1.29 is 24.2 Å². The van der Waals surface area contributed by atoms with Crippen LogP contribution in [0.15, 0.2) is 54.9 Å². The highest BCUT2D eigenvalue weighted by atomic mass is 16.5. The largest absolute Gasteiger partial charge is 0.494 e. The van der Waals surface area contributed by atoms with Gasteiger partial charge in [0, 0.05) is 25.7 Å². The summed E-state index contributed by atoms with van der Waals surface area (Å²) in [5.74, 6) is 0.744. The number of ether oxygens (including phenoxy) is 2. The van der Waals surface area contributed by atoms with Crippen molar-refractivity contribution >= 4 is 17.6 Å². The highest BCUT2D eigenvalue weighted by Gasteiger charge is 2.31. The smallest absolute Gasteiger partial charge is 0.342 e. The van der Waals surface area contributed by atoms with Gasteiger partial charge in [-0.05, 0) is 62.1 Å². The summed E-state index contributed by atoms with van der Waals surface area (Å²) in [4.78, 5) is 27.5. The molecule has 10 nitrogen and oxygen atoms in total. The lowest BCUT2D eigenvalue weighted by molar-refractivity contribution is -0.120. The highest BCUT2D eigenvalue weighted by molar-refractivity contribution is 6.00. The number of carbonyl (C=O) groups excluding carboxylic acids is 2. The lowest BCUT2D eigenvalue weighted by Gasteiger charge is -2.21. The Balaban J connectivity index is 1.37. The van der Waals surface area contributed by atoms with Crippen molar-refractivity contribution in [3.8, 4) is 17.6 Å². The second-order valence-electron chi connectivity index (χ2n) is 9.89. The van der Waals surface area contributed by atoms with Crippen molar-refractivity contribution in [1.82, 2.24) is 15.1 Å². The van der Waals surface area contributed by atoms with Crippen LogP contribution in [0.1, 0.15) is 43.4 Å². The monoisotopic (exact) mass is 517 g/mol. The molecule has 2 heterocycles. The number of hydrogen-bond acceptors (Lipinski definition) is 7. The number of anilines is 1. The predicted molar refractivity (Wildman–Crippen MR) is 140 cm³/mol. The lowest BCUT2D eigenvalue weighted by atomic mass is 10.0. The Bertz CT molecular complexity index is 1350. The molecular formula is C28H31N5O5. The van der Waals surface area contributed by atoms with Gasteiger partial charge in [0.25, 0.3) is 5.91 Å². The average molecular weight is 518 g/mol. The maximum Gasteiger partial charge on any atom is 0.342 e. The number of rotatable bonds is 8.